The Hall–Kier alpha value is -3.07. The second kappa shape index (κ2) is 47.4. The van der Waals surface area contributed by atoms with E-state index in [9.17, 15) is 20.4 Å². The predicted octanol–water partition coefficient (Wildman–Crippen LogP) is 1.04. The molecule has 0 bridgehead atoms. The van der Waals surface area contributed by atoms with Gasteiger partial charge in [-0.3, -0.25) is 0 Å². The van der Waals surface area contributed by atoms with E-state index in [2.05, 4.69) is 20.6 Å². The van der Waals surface area contributed by atoms with Crippen LogP contribution in [0.5, 0.6) is 34.5 Å². The van der Waals surface area contributed by atoms with E-state index in [1.54, 1.807) is 36.4 Å². The number of carbonyl (C=O) groups is 3. The molecule has 0 aliphatic rings. The van der Waals surface area contributed by atoms with Gasteiger partial charge in [0.25, 0.3) is 0 Å². The zero-order valence-electron chi connectivity index (χ0n) is 35.0. The molecule has 0 unspecified atom stereocenters. The number of carboxylic acids is 3. The summed E-state index contributed by atoms with van der Waals surface area (Å²) in [7, 11) is 2.79. The Morgan fingerprint density at radius 2 is 0.692 bits per heavy atom. The van der Waals surface area contributed by atoms with Crippen molar-refractivity contribution in [2.24, 2.45) is 20.6 Å². The van der Waals surface area contributed by atoms with Gasteiger partial charge in [-0.05, 0) is 55.2 Å². The summed E-state index contributed by atoms with van der Waals surface area (Å²) in [5.74, 6) is -5.09. The van der Waals surface area contributed by atoms with Crippen LogP contribution in [-0.4, -0.2) is 92.0 Å². The molecule has 3 aromatic carbocycles. The molecule has 0 N–H and O–H groups in total. The Balaban J connectivity index is -0.000000318. The first-order valence-corrected chi connectivity index (χ1v) is 18.9. The third-order valence-corrected chi connectivity index (χ3v) is 5.23. The molecule has 0 fully saturated rings. The molecule has 0 spiro atoms. The number of aliphatic carboxylic acids is 3. The van der Waals surface area contributed by atoms with Crippen LogP contribution in [0.25, 0.3) is 0 Å². The molecule has 20 nitrogen and oxygen atoms in total. The average molecular weight is 1260 g/mol. The van der Waals surface area contributed by atoms with Gasteiger partial charge in [-0.2, -0.15) is 0 Å². The molecule has 65 heavy (non-hydrogen) atoms. The number of hydrogen-bond donors (Lipinski definition) is 0. The van der Waals surface area contributed by atoms with E-state index in [4.69, 9.17) is 128 Å². The van der Waals surface area contributed by atoms with Crippen molar-refractivity contribution in [3.8, 4) is 34.5 Å². The second-order valence-corrected chi connectivity index (χ2v) is 13.9. The summed E-state index contributed by atoms with van der Waals surface area (Å²) >= 11 is 28.8. The molecule has 0 saturated heterocycles. The molecule has 0 aliphatic heterocycles. The standard InChI is InChI=1S/C28H30N4O10.3C2H4O2.2CHCl3.La.2Zn/c1-37-23-7-3-5-19(25(23)33)15-29-39-11-13-41-31-17-21-9-10-22(28(36)27(21)35)18-32-42-14-12-40-30-16-20-6-4-8-24(38-2)26(20)34;3*1-2(3)4;2*2-1(3)4;;;/h3-10,15-18,33-36H,11-14H2,1-2H3;3*1H3,(H,3,4);2*1H;;;/q;;;;;;+3;2*+2/p-7/b29-15+,30-16+,31-17+,32-18+;;;;;;;;. The van der Waals surface area contributed by atoms with Gasteiger partial charge in [0.05, 0.1) is 39.1 Å². The van der Waals surface area contributed by atoms with Crippen molar-refractivity contribution in [3.63, 3.8) is 0 Å². The molecule has 346 valence electrons. The fraction of sp³-hybridized carbons (Fsp3) is 0.306. The van der Waals surface area contributed by atoms with Crippen LogP contribution in [0.15, 0.2) is 69.2 Å². The smallest absolute Gasteiger partial charge is 0.872 e. The number of carboxylic acid groups (broad SMARTS) is 3. The molecule has 3 aromatic rings. The predicted molar refractivity (Wildman–Crippen MR) is 219 cm³/mol. The van der Waals surface area contributed by atoms with Gasteiger partial charge in [-0.25, -0.2) is 0 Å². The molecule has 0 heterocycles. The second-order valence-electron chi connectivity index (χ2n) is 9.90. The van der Waals surface area contributed by atoms with Crippen molar-refractivity contribution in [1.29, 1.82) is 0 Å². The molecule has 0 amide bonds. The number of alkyl halides is 6. The van der Waals surface area contributed by atoms with E-state index in [1.807, 2.05) is 0 Å². The maximum Gasteiger partial charge on any atom is 3.00 e. The van der Waals surface area contributed by atoms with Crippen molar-refractivity contribution in [2.75, 3.05) is 40.6 Å². The molecule has 0 aliphatic carbocycles. The number of para-hydroxylation sites is 2. The molecule has 0 radical (unpaired) electrons. The third-order valence-electron chi connectivity index (χ3n) is 5.23. The van der Waals surface area contributed by atoms with Gasteiger partial charge in [0, 0.05) is 17.9 Å². The fourth-order valence-corrected chi connectivity index (χ4v) is 3.12. The summed E-state index contributed by atoms with van der Waals surface area (Å²) in [4.78, 5) is 46.7. The minimum Gasteiger partial charge on any atom is -0.872 e. The Bertz CT molecular complexity index is 1720. The molecule has 0 atom stereocenters. The zero-order valence-corrected chi connectivity index (χ0v) is 49.1. The Kier molecular flexibility index (Phi) is 53.6. The molecule has 0 saturated carbocycles. The molecular formula is C36H37Cl6LaN4O16Zn2. The largest absolute Gasteiger partial charge is 3.00 e. The van der Waals surface area contributed by atoms with Gasteiger partial charge < -0.3 is 79.0 Å². The van der Waals surface area contributed by atoms with E-state index >= 15 is 0 Å². The van der Waals surface area contributed by atoms with Crippen LogP contribution in [-0.2, 0) is 72.7 Å². The number of hydrogen-bond acceptors (Lipinski definition) is 20. The Labute approximate surface area is 457 Å². The summed E-state index contributed by atoms with van der Waals surface area (Å²) < 4.78 is 8.40. The van der Waals surface area contributed by atoms with Crippen molar-refractivity contribution in [1.82, 2.24) is 0 Å². The number of rotatable bonds is 16. The summed E-state index contributed by atoms with van der Waals surface area (Å²) in [6.07, 6.45) is 4.71. The van der Waals surface area contributed by atoms with E-state index in [1.165, 1.54) is 38.8 Å². The number of halogens is 6. The van der Waals surface area contributed by atoms with Gasteiger partial charge in [0.1, 0.15) is 11.5 Å². The third kappa shape index (κ3) is 45.9. The van der Waals surface area contributed by atoms with Crippen LogP contribution in [0, 0.1) is 35.6 Å². The summed E-state index contributed by atoms with van der Waals surface area (Å²) in [5.41, 5.74) is 0.624. The number of methoxy groups -OCH3 is 2. The van der Waals surface area contributed by atoms with E-state index in [0.29, 0.717) is 11.1 Å². The molecule has 3 rings (SSSR count). The van der Waals surface area contributed by atoms with Crippen LogP contribution in [0.3, 0.4) is 0 Å². The van der Waals surface area contributed by atoms with Gasteiger partial charge in [0.2, 0.25) is 0 Å². The van der Waals surface area contributed by atoms with Crippen LogP contribution in [0.1, 0.15) is 43.0 Å². The van der Waals surface area contributed by atoms with E-state index in [0.717, 1.165) is 33.2 Å². The average Bonchev–Trinajstić information content (AvgIpc) is 3.16. The van der Waals surface area contributed by atoms with E-state index in [-0.39, 0.29) is 135 Å². The normalized spacial score (nSPS) is 9.68. The van der Waals surface area contributed by atoms with Gasteiger partial charge in [-0.1, -0.05) is 138 Å². The number of nitrogens with zero attached hydrogens (tertiary/aromatic N) is 4. The topological polar surface area (TPSA) is 317 Å². The molecule has 29 heteroatoms. The molecular weight excluding hydrogens is 1230 g/mol. The van der Waals surface area contributed by atoms with Crippen LogP contribution < -0.4 is 45.2 Å². The zero-order chi connectivity index (χ0) is 48.0. The maximum absolute atomic E-state index is 12.3. The summed E-state index contributed by atoms with van der Waals surface area (Å²) in [5, 5.41) is 89.9. The van der Waals surface area contributed by atoms with Crippen molar-refractivity contribution in [2.45, 2.75) is 29.4 Å². The van der Waals surface area contributed by atoms with Crippen molar-refractivity contribution < 1.29 is 154 Å². The first-order chi connectivity index (χ1) is 29.1. The van der Waals surface area contributed by atoms with E-state index < -0.39 is 38.0 Å². The number of ether oxygens (including phenoxy) is 2. The minimum absolute atomic E-state index is 0. The van der Waals surface area contributed by atoms with Crippen molar-refractivity contribution in [3.05, 3.63) is 70.8 Å². The van der Waals surface area contributed by atoms with Crippen molar-refractivity contribution >= 4 is 112 Å². The number of oxime groups is 4. The summed E-state index contributed by atoms with van der Waals surface area (Å²) in [6, 6.07) is 12.3. The molecule has 0 aromatic heterocycles. The van der Waals surface area contributed by atoms with Crippen LogP contribution >= 0.6 is 69.6 Å². The van der Waals surface area contributed by atoms with Crippen LogP contribution in [0.2, 0.25) is 0 Å². The first kappa shape index (κ1) is 73.5. The van der Waals surface area contributed by atoms with Gasteiger partial charge >= 0.3 is 74.6 Å². The van der Waals surface area contributed by atoms with Gasteiger partial charge in [-0.15, -0.1) is 11.5 Å². The fourth-order valence-electron chi connectivity index (χ4n) is 3.12. The monoisotopic (exact) mass is 1260 g/mol. The SMILES string of the molecule is CC(=O)[O-].CC(=O)[O-].CC(=O)[O-].COc1cccc(/C=N/OCCO/N=C/c2ccc(/C=N/OCCO/N=C/c3cccc(OC)c3[O-])c([O-])c2[O-])c1[O-].ClC(Cl)Cl.ClC(Cl)Cl.[La+3].[Zn+2].[Zn+2]. The minimum atomic E-state index is -1.08. The maximum atomic E-state index is 12.3. The first-order valence-electron chi connectivity index (χ1n) is 16.3. The number of benzene rings is 3. The number of carbonyl (C=O) groups excluding carboxylic acids is 3. The Morgan fingerprint density at radius 1 is 0.492 bits per heavy atom. The summed E-state index contributed by atoms with van der Waals surface area (Å²) in [6.45, 7) is 2.93. The van der Waals surface area contributed by atoms with Gasteiger partial charge in [0.15, 0.2) is 35.0 Å². The van der Waals surface area contributed by atoms with Crippen LogP contribution in [0.4, 0.5) is 0 Å². The Morgan fingerprint density at radius 3 is 0.892 bits per heavy atom. The quantitative estimate of drug-likeness (QED) is 0.0636.